The van der Waals surface area contributed by atoms with Gasteiger partial charge in [-0.2, -0.15) is 0 Å². The van der Waals surface area contributed by atoms with E-state index in [1.165, 1.54) is 24.3 Å². The lowest BCUT2D eigenvalue weighted by atomic mass is 10.1. The van der Waals surface area contributed by atoms with Crippen molar-refractivity contribution in [3.8, 4) is 0 Å². The molecule has 1 heterocycles. The molecule has 0 fully saturated rings. The Bertz CT molecular complexity index is 1400. The molecule has 4 rings (SSSR count). The van der Waals surface area contributed by atoms with E-state index in [1.54, 1.807) is 38.1 Å². The van der Waals surface area contributed by atoms with Gasteiger partial charge < -0.3 is 15.4 Å². The summed E-state index contributed by atoms with van der Waals surface area (Å²) in [4.78, 5) is 51.5. The number of rotatable bonds is 8. The van der Waals surface area contributed by atoms with Gasteiger partial charge >= 0.3 is 5.97 Å². The Kier molecular flexibility index (Phi) is 7.93. The molecule has 3 aromatic rings. The standard InChI is InChI=1S/C29H26ClN3O5/c1-17(2)38-29(37)21-11-15-23(16-12-21)33-27(35)24(30)25(28(33)36)32-22-13-9-20(10-14-22)26(34)31-18(3)19-7-5-4-6-8-19/h4-18,32H,1-3H3,(H,31,34). The van der Waals surface area contributed by atoms with Gasteiger partial charge in [0.2, 0.25) is 0 Å². The molecule has 1 aliphatic heterocycles. The Balaban J connectivity index is 1.43. The first-order valence-corrected chi connectivity index (χ1v) is 12.4. The van der Waals surface area contributed by atoms with Gasteiger partial charge in [-0.15, -0.1) is 0 Å². The van der Waals surface area contributed by atoms with Crippen LogP contribution in [-0.4, -0.2) is 29.8 Å². The van der Waals surface area contributed by atoms with E-state index in [0.717, 1.165) is 10.5 Å². The number of nitrogens with zero attached hydrogens (tertiary/aromatic N) is 1. The van der Waals surface area contributed by atoms with Crippen LogP contribution in [0.4, 0.5) is 11.4 Å². The van der Waals surface area contributed by atoms with E-state index in [1.807, 2.05) is 37.3 Å². The summed E-state index contributed by atoms with van der Waals surface area (Å²) >= 11 is 6.22. The number of benzene rings is 3. The van der Waals surface area contributed by atoms with Crippen molar-refractivity contribution in [2.75, 3.05) is 10.2 Å². The Labute approximate surface area is 225 Å². The molecule has 3 amide bonds. The molecule has 0 aliphatic carbocycles. The molecule has 1 aliphatic rings. The number of carbonyl (C=O) groups excluding carboxylic acids is 4. The minimum absolute atomic E-state index is 0.0881. The number of amides is 3. The molecular weight excluding hydrogens is 506 g/mol. The van der Waals surface area contributed by atoms with Crippen LogP contribution in [0.2, 0.25) is 0 Å². The maximum Gasteiger partial charge on any atom is 0.338 e. The summed E-state index contributed by atoms with van der Waals surface area (Å²) in [5.74, 6) is -2.08. The summed E-state index contributed by atoms with van der Waals surface area (Å²) < 4.78 is 5.16. The van der Waals surface area contributed by atoms with Crippen LogP contribution in [0.25, 0.3) is 0 Å². The number of esters is 1. The van der Waals surface area contributed by atoms with Crippen molar-refractivity contribution in [2.45, 2.75) is 32.9 Å². The largest absolute Gasteiger partial charge is 0.459 e. The van der Waals surface area contributed by atoms with Gasteiger partial charge in [0.25, 0.3) is 17.7 Å². The Morgan fingerprint density at radius 3 is 2.03 bits per heavy atom. The van der Waals surface area contributed by atoms with E-state index >= 15 is 0 Å². The summed E-state index contributed by atoms with van der Waals surface area (Å²) in [5, 5.41) is 5.56. The summed E-state index contributed by atoms with van der Waals surface area (Å²) in [7, 11) is 0. The van der Waals surface area contributed by atoms with E-state index in [2.05, 4.69) is 10.6 Å². The average molecular weight is 532 g/mol. The quantitative estimate of drug-likeness (QED) is 0.306. The molecular formula is C29H26ClN3O5. The third kappa shape index (κ3) is 5.76. The molecule has 1 unspecified atom stereocenters. The number of imide groups is 1. The molecule has 38 heavy (non-hydrogen) atoms. The smallest absolute Gasteiger partial charge is 0.338 e. The summed E-state index contributed by atoms with van der Waals surface area (Å²) in [5.41, 5.74) is 2.36. The summed E-state index contributed by atoms with van der Waals surface area (Å²) in [6.07, 6.45) is -0.276. The van der Waals surface area contributed by atoms with E-state index in [9.17, 15) is 19.2 Å². The second-order valence-electron chi connectivity index (χ2n) is 8.94. The molecule has 3 aromatic carbocycles. The Hall–Kier alpha value is -4.43. The molecule has 0 saturated heterocycles. The topological polar surface area (TPSA) is 105 Å². The van der Waals surface area contributed by atoms with Gasteiger partial charge in [-0.1, -0.05) is 41.9 Å². The monoisotopic (exact) mass is 531 g/mol. The third-order valence-electron chi connectivity index (χ3n) is 5.79. The van der Waals surface area contributed by atoms with Gasteiger partial charge in [0, 0.05) is 11.3 Å². The maximum absolute atomic E-state index is 13.1. The SMILES string of the molecule is CC(C)OC(=O)c1ccc(N2C(=O)C(Cl)=C(Nc3ccc(C(=O)NC(C)c4ccccc4)cc3)C2=O)cc1. The van der Waals surface area contributed by atoms with Gasteiger partial charge in [-0.05, 0) is 74.9 Å². The number of halogens is 1. The molecule has 0 saturated carbocycles. The second kappa shape index (κ2) is 11.3. The zero-order chi connectivity index (χ0) is 27.4. The van der Waals surface area contributed by atoms with E-state index in [0.29, 0.717) is 16.8 Å². The number of hydrogen-bond donors (Lipinski definition) is 2. The highest BCUT2D eigenvalue weighted by Gasteiger charge is 2.39. The predicted octanol–water partition coefficient (Wildman–Crippen LogP) is 5.18. The van der Waals surface area contributed by atoms with Gasteiger partial charge in [0.15, 0.2) is 0 Å². The first-order valence-electron chi connectivity index (χ1n) is 12.0. The second-order valence-corrected chi connectivity index (χ2v) is 9.32. The average Bonchev–Trinajstić information content (AvgIpc) is 3.12. The summed E-state index contributed by atoms with van der Waals surface area (Å²) in [6, 6.07) is 21.8. The lowest BCUT2D eigenvalue weighted by Gasteiger charge is -2.16. The van der Waals surface area contributed by atoms with Crippen LogP contribution in [0.1, 0.15) is 53.1 Å². The van der Waals surface area contributed by atoms with Crippen molar-refractivity contribution in [1.29, 1.82) is 0 Å². The van der Waals surface area contributed by atoms with Crippen molar-refractivity contribution in [3.63, 3.8) is 0 Å². The Morgan fingerprint density at radius 1 is 0.816 bits per heavy atom. The molecule has 0 bridgehead atoms. The van der Waals surface area contributed by atoms with Gasteiger partial charge in [-0.25, -0.2) is 9.69 Å². The van der Waals surface area contributed by atoms with Gasteiger partial charge in [-0.3, -0.25) is 14.4 Å². The molecule has 0 aromatic heterocycles. The molecule has 8 nitrogen and oxygen atoms in total. The summed E-state index contributed by atoms with van der Waals surface area (Å²) in [6.45, 7) is 5.38. The maximum atomic E-state index is 13.1. The van der Waals surface area contributed by atoms with E-state index in [-0.39, 0.29) is 34.5 Å². The number of nitrogens with one attached hydrogen (secondary N) is 2. The molecule has 2 N–H and O–H groups in total. The van der Waals surface area contributed by atoms with Crippen LogP contribution in [0.5, 0.6) is 0 Å². The molecule has 1 atom stereocenters. The molecule has 9 heteroatoms. The molecule has 194 valence electrons. The van der Waals surface area contributed by atoms with Crippen LogP contribution < -0.4 is 15.5 Å². The fourth-order valence-electron chi connectivity index (χ4n) is 3.83. The van der Waals surface area contributed by atoms with E-state index in [4.69, 9.17) is 16.3 Å². The van der Waals surface area contributed by atoms with Crippen LogP contribution in [0.15, 0.2) is 89.6 Å². The molecule has 0 radical (unpaired) electrons. The Morgan fingerprint density at radius 2 is 1.42 bits per heavy atom. The van der Waals surface area contributed by atoms with Crippen molar-refractivity contribution in [3.05, 3.63) is 106 Å². The fourth-order valence-corrected chi connectivity index (χ4v) is 4.04. The highest BCUT2D eigenvalue weighted by atomic mass is 35.5. The zero-order valence-electron chi connectivity index (χ0n) is 21.0. The van der Waals surface area contributed by atoms with Crippen molar-refractivity contribution in [1.82, 2.24) is 5.32 Å². The van der Waals surface area contributed by atoms with Crippen molar-refractivity contribution < 1.29 is 23.9 Å². The first-order chi connectivity index (χ1) is 18.2. The minimum Gasteiger partial charge on any atom is -0.459 e. The fraction of sp³-hybridized carbons (Fsp3) is 0.172. The lowest BCUT2D eigenvalue weighted by molar-refractivity contribution is -0.120. The van der Waals surface area contributed by atoms with Gasteiger partial charge in [0.05, 0.1) is 23.4 Å². The third-order valence-corrected chi connectivity index (χ3v) is 6.15. The number of ether oxygens (including phenoxy) is 1. The van der Waals surface area contributed by atoms with Gasteiger partial charge in [0.1, 0.15) is 10.7 Å². The zero-order valence-corrected chi connectivity index (χ0v) is 21.8. The van der Waals surface area contributed by atoms with Crippen LogP contribution in [0, 0.1) is 0 Å². The van der Waals surface area contributed by atoms with Crippen molar-refractivity contribution >= 4 is 46.7 Å². The van der Waals surface area contributed by atoms with E-state index < -0.39 is 17.8 Å². The predicted molar refractivity (Wildman–Crippen MR) is 145 cm³/mol. The highest BCUT2D eigenvalue weighted by Crippen LogP contribution is 2.30. The van der Waals surface area contributed by atoms with Crippen LogP contribution in [0.3, 0.4) is 0 Å². The van der Waals surface area contributed by atoms with Crippen LogP contribution >= 0.6 is 11.6 Å². The van der Waals surface area contributed by atoms with Crippen LogP contribution in [-0.2, 0) is 14.3 Å². The number of anilines is 2. The number of carbonyl (C=O) groups is 4. The normalized spacial score (nSPS) is 14.1. The van der Waals surface area contributed by atoms with Crippen molar-refractivity contribution in [2.24, 2.45) is 0 Å². The first kappa shape index (κ1) is 26.6. The minimum atomic E-state index is -0.692. The highest BCUT2D eigenvalue weighted by molar-refractivity contribution is 6.53. The lowest BCUT2D eigenvalue weighted by Crippen LogP contribution is -2.32. The number of hydrogen-bond acceptors (Lipinski definition) is 6. The molecule has 0 spiro atoms.